The van der Waals surface area contributed by atoms with Crippen molar-refractivity contribution in [2.24, 2.45) is 0 Å². The lowest BCUT2D eigenvalue weighted by Gasteiger charge is -2.12. The van der Waals surface area contributed by atoms with Crippen LogP contribution in [0.4, 0.5) is 0 Å². The highest BCUT2D eigenvalue weighted by Gasteiger charge is 2.19. The van der Waals surface area contributed by atoms with Crippen LogP contribution in [0.3, 0.4) is 0 Å². The Balaban J connectivity index is 1.46. The Hall–Kier alpha value is -2.06. The van der Waals surface area contributed by atoms with Gasteiger partial charge in [-0.05, 0) is 74.7 Å². The Morgan fingerprint density at radius 3 is 2.65 bits per heavy atom. The van der Waals surface area contributed by atoms with E-state index < -0.39 is 0 Å². The van der Waals surface area contributed by atoms with Crippen molar-refractivity contribution in [1.29, 1.82) is 0 Å². The molecule has 26 heavy (non-hydrogen) atoms. The van der Waals surface area contributed by atoms with Crippen molar-refractivity contribution in [3.05, 3.63) is 71.9 Å². The van der Waals surface area contributed by atoms with Gasteiger partial charge >= 0.3 is 0 Å². The summed E-state index contributed by atoms with van der Waals surface area (Å²) in [5.74, 6) is 0.709. The van der Waals surface area contributed by atoms with E-state index in [1.165, 1.54) is 61.5 Å². The van der Waals surface area contributed by atoms with Crippen molar-refractivity contribution in [3.63, 3.8) is 0 Å². The van der Waals surface area contributed by atoms with Crippen LogP contribution in [0.25, 0.3) is 10.9 Å². The van der Waals surface area contributed by atoms with E-state index in [-0.39, 0.29) is 0 Å². The van der Waals surface area contributed by atoms with E-state index in [1.54, 1.807) is 5.56 Å². The van der Waals surface area contributed by atoms with Gasteiger partial charge in [0.1, 0.15) is 0 Å². The van der Waals surface area contributed by atoms with Crippen LogP contribution >= 0.6 is 0 Å². The van der Waals surface area contributed by atoms with Crippen LogP contribution in [0, 0.1) is 0 Å². The minimum Gasteiger partial charge on any atom is -0.347 e. The van der Waals surface area contributed by atoms with Gasteiger partial charge in [0.2, 0.25) is 0 Å². The van der Waals surface area contributed by atoms with Crippen molar-refractivity contribution in [1.82, 2.24) is 9.88 Å². The first-order valence-electron chi connectivity index (χ1n) is 10.2. The Morgan fingerprint density at radius 2 is 1.73 bits per heavy atom. The summed E-state index contributed by atoms with van der Waals surface area (Å²) in [5, 5.41) is 5.03. The highest BCUT2D eigenvalue weighted by Crippen LogP contribution is 2.33. The Bertz CT molecular complexity index is 811. The van der Waals surface area contributed by atoms with E-state index in [0.29, 0.717) is 5.92 Å². The summed E-state index contributed by atoms with van der Waals surface area (Å²) in [6.07, 6.45) is 10.0. The maximum Gasteiger partial charge on any atom is 0.0483 e. The first-order valence-corrected chi connectivity index (χ1v) is 10.2. The third kappa shape index (κ3) is 4.02. The largest absolute Gasteiger partial charge is 0.347 e. The van der Waals surface area contributed by atoms with E-state index in [9.17, 15) is 0 Å². The molecule has 2 nitrogen and oxygen atoms in total. The number of hydrogen-bond donors (Lipinski definition) is 1. The third-order valence-corrected chi connectivity index (χ3v) is 5.79. The molecule has 0 spiro atoms. The minimum atomic E-state index is 0.709. The van der Waals surface area contributed by atoms with Gasteiger partial charge in [0.25, 0.3) is 0 Å². The number of hydrogen-bond acceptors (Lipinski definition) is 1. The average molecular weight is 347 g/mol. The number of unbranched alkanes of at least 4 members (excludes halogenated alkanes) is 1. The molecule has 0 amide bonds. The highest BCUT2D eigenvalue weighted by atomic mass is 15.0. The zero-order valence-corrected chi connectivity index (χ0v) is 15.7. The van der Waals surface area contributed by atoms with Crippen molar-refractivity contribution < 1.29 is 0 Å². The third-order valence-electron chi connectivity index (χ3n) is 5.79. The predicted molar refractivity (Wildman–Crippen MR) is 111 cm³/mol. The summed E-state index contributed by atoms with van der Waals surface area (Å²) in [4.78, 5) is 0. The molecule has 0 radical (unpaired) electrons. The quantitative estimate of drug-likeness (QED) is 0.581. The molecule has 1 atom stereocenters. The lowest BCUT2D eigenvalue weighted by atomic mass is 9.92. The second-order valence-corrected chi connectivity index (χ2v) is 7.62. The smallest absolute Gasteiger partial charge is 0.0483 e. The topological polar surface area (TPSA) is 17.0 Å². The molecule has 1 N–H and O–H groups in total. The van der Waals surface area contributed by atoms with Crippen LogP contribution in [0.5, 0.6) is 0 Å². The van der Waals surface area contributed by atoms with E-state index in [2.05, 4.69) is 70.7 Å². The molecule has 0 saturated carbocycles. The molecule has 2 heterocycles. The van der Waals surface area contributed by atoms with E-state index in [4.69, 9.17) is 0 Å². The lowest BCUT2D eigenvalue weighted by Crippen LogP contribution is -2.13. The molecular formula is C24H30N2. The van der Waals surface area contributed by atoms with E-state index in [1.807, 2.05) is 0 Å². The summed E-state index contributed by atoms with van der Waals surface area (Å²) in [7, 11) is 0. The molecule has 1 saturated heterocycles. The minimum absolute atomic E-state index is 0.709. The summed E-state index contributed by atoms with van der Waals surface area (Å²) in [6, 6.07) is 19.9. The fourth-order valence-electron chi connectivity index (χ4n) is 4.37. The second-order valence-electron chi connectivity index (χ2n) is 7.62. The molecule has 136 valence electrons. The number of aromatic nitrogens is 1. The molecule has 2 aromatic carbocycles. The van der Waals surface area contributed by atoms with Crippen molar-refractivity contribution >= 4 is 10.9 Å². The first-order chi connectivity index (χ1) is 12.9. The molecule has 2 heteroatoms. The normalized spacial score (nSPS) is 18.1. The maximum absolute atomic E-state index is 3.55. The summed E-state index contributed by atoms with van der Waals surface area (Å²) < 4.78 is 2.51. The van der Waals surface area contributed by atoms with Gasteiger partial charge in [-0.25, -0.2) is 0 Å². The second kappa shape index (κ2) is 8.55. The number of fused-ring (bicyclic) bond motifs is 1. The van der Waals surface area contributed by atoms with Crippen LogP contribution in [-0.2, 0) is 13.0 Å². The molecule has 1 fully saturated rings. The fraction of sp³-hybridized carbons (Fsp3) is 0.417. The van der Waals surface area contributed by atoms with Crippen molar-refractivity contribution in [2.45, 2.75) is 51.0 Å². The van der Waals surface area contributed by atoms with Gasteiger partial charge in [-0.15, -0.1) is 0 Å². The zero-order valence-electron chi connectivity index (χ0n) is 15.7. The molecule has 1 aliphatic heterocycles. The van der Waals surface area contributed by atoms with Crippen LogP contribution in [0.15, 0.2) is 60.8 Å². The van der Waals surface area contributed by atoms with Crippen molar-refractivity contribution in [2.75, 3.05) is 13.1 Å². The zero-order chi connectivity index (χ0) is 17.6. The number of para-hydroxylation sites is 1. The van der Waals surface area contributed by atoms with Gasteiger partial charge in [0.05, 0.1) is 0 Å². The average Bonchev–Trinajstić information content (AvgIpc) is 2.86. The Kier molecular flexibility index (Phi) is 5.71. The first kappa shape index (κ1) is 17.4. The van der Waals surface area contributed by atoms with Crippen LogP contribution in [-0.4, -0.2) is 17.7 Å². The summed E-state index contributed by atoms with van der Waals surface area (Å²) >= 11 is 0. The number of nitrogens with zero attached hydrogens (tertiary/aromatic N) is 1. The number of benzene rings is 2. The number of aryl methyl sites for hydroxylation is 2. The van der Waals surface area contributed by atoms with E-state index >= 15 is 0 Å². The Morgan fingerprint density at radius 1 is 0.885 bits per heavy atom. The summed E-state index contributed by atoms with van der Waals surface area (Å²) in [5.41, 5.74) is 4.45. The van der Waals surface area contributed by atoms with Gasteiger partial charge in [-0.2, -0.15) is 0 Å². The standard InChI is InChI=1S/C24H30N2/c1-2-9-20(10-3-1)11-6-7-18-26-19-23(21-12-8-16-25-17-15-21)22-13-4-5-14-24(22)26/h1-5,9-10,13-14,19,21,25H,6-8,11-12,15-18H2. The van der Waals surface area contributed by atoms with Gasteiger partial charge in [0.15, 0.2) is 0 Å². The SMILES string of the molecule is c1ccc(CCCCn2cc(C3CCCNCC3)c3ccccc32)cc1. The molecule has 4 rings (SSSR count). The van der Waals surface area contributed by atoms with Gasteiger partial charge < -0.3 is 9.88 Å². The van der Waals surface area contributed by atoms with E-state index in [0.717, 1.165) is 13.1 Å². The maximum atomic E-state index is 3.55. The number of rotatable bonds is 6. The summed E-state index contributed by atoms with van der Waals surface area (Å²) in [6.45, 7) is 3.45. The van der Waals surface area contributed by atoms with Crippen molar-refractivity contribution in [3.8, 4) is 0 Å². The fourth-order valence-corrected chi connectivity index (χ4v) is 4.37. The van der Waals surface area contributed by atoms with Crippen LogP contribution in [0.1, 0.15) is 49.1 Å². The van der Waals surface area contributed by atoms with Gasteiger partial charge in [-0.1, -0.05) is 48.5 Å². The predicted octanol–water partition coefficient (Wildman–Crippen LogP) is 5.52. The monoisotopic (exact) mass is 346 g/mol. The number of nitrogens with one attached hydrogen (secondary N) is 1. The van der Waals surface area contributed by atoms with Crippen LogP contribution in [0.2, 0.25) is 0 Å². The molecule has 0 bridgehead atoms. The lowest BCUT2D eigenvalue weighted by molar-refractivity contribution is 0.597. The van der Waals surface area contributed by atoms with Gasteiger partial charge in [0, 0.05) is 23.6 Å². The Labute approximate surface area is 157 Å². The van der Waals surface area contributed by atoms with Crippen LogP contribution < -0.4 is 5.32 Å². The molecule has 1 unspecified atom stereocenters. The molecule has 0 aliphatic carbocycles. The molecule has 3 aromatic rings. The molecule has 1 aliphatic rings. The molecular weight excluding hydrogens is 316 g/mol. The molecule has 1 aromatic heterocycles. The van der Waals surface area contributed by atoms with Gasteiger partial charge in [-0.3, -0.25) is 0 Å². The highest BCUT2D eigenvalue weighted by molar-refractivity contribution is 5.84.